The van der Waals surface area contributed by atoms with Crippen LogP contribution in [0.15, 0.2) is 70.8 Å². The number of nitrogens with one attached hydrogen (secondary N) is 1. The quantitative estimate of drug-likeness (QED) is 0.533. The first-order valence-corrected chi connectivity index (χ1v) is 12.2. The number of aromatic nitrogens is 2. The van der Waals surface area contributed by atoms with Gasteiger partial charge in [-0.1, -0.05) is 19.9 Å². The molecule has 158 valence electrons. The summed E-state index contributed by atoms with van der Waals surface area (Å²) in [6, 6.07) is 14.1. The molecule has 0 saturated heterocycles. The Bertz CT molecular complexity index is 1120. The maximum absolute atomic E-state index is 12.6. The minimum atomic E-state index is -3.51. The molecular weight excluding hydrogens is 420 g/mol. The third-order valence-electron chi connectivity index (χ3n) is 4.62. The van der Waals surface area contributed by atoms with E-state index in [1.54, 1.807) is 46.8 Å². The van der Waals surface area contributed by atoms with Gasteiger partial charge < -0.3 is 9.88 Å². The van der Waals surface area contributed by atoms with E-state index in [1.807, 2.05) is 44.4 Å². The number of benzene rings is 2. The Labute approximate surface area is 181 Å². The number of thioether (sulfide) groups is 1. The highest BCUT2D eigenvalue weighted by molar-refractivity contribution is 7.98. The lowest BCUT2D eigenvalue weighted by Gasteiger charge is -2.18. The van der Waals surface area contributed by atoms with Crippen LogP contribution in [-0.2, 0) is 10.0 Å². The van der Waals surface area contributed by atoms with E-state index in [4.69, 9.17) is 0 Å². The van der Waals surface area contributed by atoms with Gasteiger partial charge in [0, 0.05) is 35.6 Å². The minimum absolute atomic E-state index is 0.238. The van der Waals surface area contributed by atoms with Crippen LogP contribution in [0, 0.1) is 0 Å². The zero-order valence-corrected chi connectivity index (χ0v) is 18.7. The second kappa shape index (κ2) is 9.46. The summed E-state index contributed by atoms with van der Waals surface area (Å²) in [4.78, 5) is 18.0. The van der Waals surface area contributed by atoms with Crippen molar-refractivity contribution in [3.05, 3.63) is 66.7 Å². The zero-order valence-electron chi connectivity index (χ0n) is 17.1. The smallest absolute Gasteiger partial charge is 0.275 e. The van der Waals surface area contributed by atoms with Gasteiger partial charge in [-0.3, -0.25) is 4.79 Å². The van der Waals surface area contributed by atoms with E-state index in [2.05, 4.69) is 10.3 Å². The van der Waals surface area contributed by atoms with E-state index in [9.17, 15) is 13.2 Å². The van der Waals surface area contributed by atoms with Crippen LogP contribution in [0.1, 0.15) is 24.3 Å². The first-order valence-electron chi connectivity index (χ1n) is 9.49. The van der Waals surface area contributed by atoms with Crippen molar-refractivity contribution in [2.45, 2.75) is 23.6 Å². The third kappa shape index (κ3) is 4.75. The van der Waals surface area contributed by atoms with E-state index in [1.165, 1.54) is 10.6 Å². The van der Waals surface area contributed by atoms with Crippen molar-refractivity contribution in [2.75, 3.05) is 24.7 Å². The number of carbonyl (C=O) groups is 1. The summed E-state index contributed by atoms with van der Waals surface area (Å²) in [7, 11) is -3.51. The number of imidazole rings is 1. The summed E-state index contributed by atoms with van der Waals surface area (Å²) in [6.07, 6.45) is 5.12. The molecule has 0 unspecified atom stereocenters. The molecule has 0 fully saturated rings. The lowest BCUT2D eigenvalue weighted by Crippen LogP contribution is -2.30. The second-order valence-corrected chi connectivity index (χ2v) is 9.25. The molecule has 3 rings (SSSR count). The number of nitrogens with zero attached hydrogens (tertiary/aromatic N) is 3. The van der Waals surface area contributed by atoms with Crippen molar-refractivity contribution in [2.24, 2.45) is 0 Å². The van der Waals surface area contributed by atoms with Gasteiger partial charge in [0.05, 0.1) is 4.90 Å². The SMILES string of the molecule is CCN(CC)S(=O)(=O)c1ccc(-n2cnc(C(=O)Nc3cccc(SC)c3)c2)cc1. The van der Waals surface area contributed by atoms with Gasteiger partial charge in [-0.25, -0.2) is 13.4 Å². The number of hydrogen-bond acceptors (Lipinski definition) is 5. The Morgan fingerprint density at radius 3 is 2.47 bits per heavy atom. The topological polar surface area (TPSA) is 84.3 Å². The Morgan fingerprint density at radius 1 is 1.13 bits per heavy atom. The van der Waals surface area contributed by atoms with Crippen molar-refractivity contribution in [3.8, 4) is 5.69 Å². The molecule has 0 bridgehead atoms. The second-order valence-electron chi connectivity index (χ2n) is 6.44. The molecule has 0 aliphatic carbocycles. The molecule has 1 aromatic heterocycles. The summed E-state index contributed by atoms with van der Waals surface area (Å²) in [5.41, 5.74) is 1.68. The van der Waals surface area contributed by atoms with Gasteiger partial charge in [-0.05, 0) is 48.7 Å². The molecule has 0 spiro atoms. The number of rotatable bonds is 8. The molecule has 0 radical (unpaired) electrons. The average molecular weight is 445 g/mol. The van der Waals surface area contributed by atoms with Crippen LogP contribution in [0.3, 0.4) is 0 Å². The molecule has 0 aliphatic heterocycles. The molecule has 2 aromatic carbocycles. The summed E-state index contributed by atoms with van der Waals surface area (Å²) >= 11 is 1.60. The van der Waals surface area contributed by atoms with E-state index >= 15 is 0 Å². The van der Waals surface area contributed by atoms with Crippen molar-refractivity contribution in [3.63, 3.8) is 0 Å². The van der Waals surface area contributed by atoms with Crippen LogP contribution in [0.25, 0.3) is 5.69 Å². The fourth-order valence-electron chi connectivity index (χ4n) is 2.98. The molecule has 3 aromatic rings. The summed E-state index contributed by atoms with van der Waals surface area (Å²) in [5.74, 6) is -0.312. The normalized spacial score (nSPS) is 11.6. The third-order valence-corrected chi connectivity index (χ3v) is 7.41. The highest BCUT2D eigenvalue weighted by atomic mass is 32.2. The lowest BCUT2D eigenvalue weighted by atomic mass is 10.3. The molecule has 1 heterocycles. The van der Waals surface area contributed by atoms with E-state index in [-0.39, 0.29) is 16.5 Å². The molecule has 1 amide bonds. The maximum Gasteiger partial charge on any atom is 0.275 e. The molecule has 7 nitrogen and oxygen atoms in total. The Kier molecular flexibility index (Phi) is 6.96. The van der Waals surface area contributed by atoms with Crippen molar-refractivity contribution < 1.29 is 13.2 Å². The van der Waals surface area contributed by atoms with Gasteiger partial charge in [-0.15, -0.1) is 11.8 Å². The predicted molar refractivity (Wildman–Crippen MR) is 120 cm³/mol. The van der Waals surface area contributed by atoms with Crippen molar-refractivity contribution in [1.82, 2.24) is 13.9 Å². The van der Waals surface area contributed by atoms with Gasteiger partial charge in [-0.2, -0.15) is 4.31 Å². The first-order chi connectivity index (χ1) is 14.4. The summed E-state index contributed by atoms with van der Waals surface area (Å²) < 4.78 is 28.3. The minimum Gasteiger partial charge on any atom is -0.321 e. The van der Waals surface area contributed by atoms with E-state index in [0.717, 1.165) is 4.90 Å². The number of sulfonamides is 1. The van der Waals surface area contributed by atoms with Crippen LogP contribution in [0.4, 0.5) is 5.69 Å². The van der Waals surface area contributed by atoms with Crippen LogP contribution < -0.4 is 5.32 Å². The van der Waals surface area contributed by atoms with Crippen LogP contribution in [0.5, 0.6) is 0 Å². The van der Waals surface area contributed by atoms with Crippen LogP contribution in [0.2, 0.25) is 0 Å². The maximum atomic E-state index is 12.6. The van der Waals surface area contributed by atoms with Crippen LogP contribution >= 0.6 is 11.8 Å². The zero-order chi connectivity index (χ0) is 21.7. The molecule has 0 atom stereocenters. The van der Waals surface area contributed by atoms with Crippen LogP contribution in [-0.4, -0.2) is 47.5 Å². The number of carbonyl (C=O) groups excluding carboxylic acids is 1. The Morgan fingerprint density at radius 2 is 1.83 bits per heavy atom. The van der Waals surface area contributed by atoms with Crippen molar-refractivity contribution in [1.29, 1.82) is 0 Å². The van der Waals surface area contributed by atoms with Crippen molar-refractivity contribution >= 4 is 33.4 Å². The number of anilines is 1. The lowest BCUT2D eigenvalue weighted by molar-refractivity contribution is 0.102. The standard InChI is InChI=1S/C21H24N4O3S2/c1-4-25(5-2)30(27,28)19-11-9-17(10-12-19)24-14-20(22-15-24)21(26)23-16-7-6-8-18(13-16)29-3/h6-15H,4-5H2,1-3H3,(H,23,26). The van der Waals surface area contributed by atoms with Gasteiger partial charge in [0.25, 0.3) is 5.91 Å². The molecular formula is C21H24N4O3S2. The molecule has 0 aliphatic rings. The Hall–Kier alpha value is -2.62. The van der Waals surface area contributed by atoms with Gasteiger partial charge in [0.1, 0.15) is 12.0 Å². The largest absolute Gasteiger partial charge is 0.321 e. The fraction of sp³-hybridized carbons (Fsp3) is 0.238. The first kappa shape index (κ1) is 22.1. The van der Waals surface area contributed by atoms with E-state index in [0.29, 0.717) is 24.5 Å². The van der Waals surface area contributed by atoms with E-state index < -0.39 is 10.0 Å². The fourth-order valence-corrected chi connectivity index (χ4v) is 4.90. The predicted octanol–water partition coefficient (Wildman–Crippen LogP) is 3.88. The highest BCUT2D eigenvalue weighted by Crippen LogP contribution is 2.20. The van der Waals surface area contributed by atoms with Gasteiger partial charge >= 0.3 is 0 Å². The summed E-state index contributed by atoms with van der Waals surface area (Å²) in [5, 5.41) is 2.84. The molecule has 1 N–H and O–H groups in total. The summed E-state index contributed by atoms with van der Waals surface area (Å²) in [6.45, 7) is 4.45. The average Bonchev–Trinajstić information content (AvgIpc) is 3.25. The monoisotopic (exact) mass is 444 g/mol. The number of amides is 1. The molecule has 0 saturated carbocycles. The van der Waals surface area contributed by atoms with Gasteiger partial charge in [0.15, 0.2) is 0 Å². The molecule has 9 heteroatoms. The Balaban J connectivity index is 1.76. The highest BCUT2D eigenvalue weighted by Gasteiger charge is 2.21. The van der Waals surface area contributed by atoms with Gasteiger partial charge in [0.2, 0.25) is 10.0 Å². The number of hydrogen-bond donors (Lipinski definition) is 1. The molecule has 30 heavy (non-hydrogen) atoms.